The van der Waals surface area contributed by atoms with Gasteiger partial charge in [0.05, 0.1) is 17.5 Å². The molecule has 1 aromatic heterocycles. The Morgan fingerprint density at radius 1 is 1.34 bits per heavy atom. The first-order chi connectivity index (χ1) is 17.9. The minimum absolute atomic E-state index is 0.0554. The first-order valence-electron chi connectivity index (χ1n) is 11.2. The molecule has 2 aliphatic heterocycles. The first-order valence-corrected chi connectivity index (χ1v) is 15.0. The standard InChI is InChI=1S/C23H25N5O7S3/c1-11-4-12(7-14(5-11)27-38(3,33)34)6-13-9-36-21-15(20(30)28(21)19(13)22(31)32)8-17(29)18(26-35-2)16-10-37-23(24)25-16/h4-5,7,10,15,21,27H,6,8-9H2,1-3H3,(H2,24,25)(H,31,32)/b26-18-/t15-,21-/m1/s1. The second-order valence-corrected chi connectivity index (χ2v) is 12.6. The van der Waals surface area contributed by atoms with Crippen molar-refractivity contribution >= 4 is 67.3 Å². The first kappa shape index (κ1) is 27.6. The summed E-state index contributed by atoms with van der Waals surface area (Å²) in [6, 6.07) is 5.14. The maximum Gasteiger partial charge on any atom is 0.352 e. The summed E-state index contributed by atoms with van der Waals surface area (Å²) in [4.78, 5) is 48.4. The summed E-state index contributed by atoms with van der Waals surface area (Å²) in [5, 5.41) is 15.0. The van der Waals surface area contributed by atoms with Crippen LogP contribution in [0.3, 0.4) is 0 Å². The number of aryl methyl sites for hydroxylation is 1. The van der Waals surface area contributed by atoms with Crippen LogP contribution in [0.25, 0.3) is 0 Å². The van der Waals surface area contributed by atoms with Gasteiger partial charge < -0.3 is 15.7 Å². The number of hydrogen-bond acceptors (Lipinski definition) is 11. The molecule has 1 saturated heterocycles. The van der Waals surface area contributed by atoms with Gasteiger partial charge in [0.15, 0.2) is 16.6 Å². The fourth-order valence-corrected chi connectivity index (χ4v) is 6.97. The third-order valence-electron chi connectivity index (χ3n) is 5.83. The van der Waals surface area contributed by atoms with Crippen LogP contribution in [0.1, 0.15) is 23.2 Å². The minimum Gasteiger partial charge on any atom is -0.477 e. The number of hydrogen-bond donors (Lipinski definition) is 3. The second-order valence-electron chi connectivity index (χ2n) is 8.85. The molecule has 38 heavy (non-hydrogen) atoms. The molecule has 2 aliphatic rings. The van der Waals surface area contributed by atoms with Crippen molar-refractivity contribution < 1.29 is 32.7 Å². The number of thioether (sulfide) groups is 1. The Balaban J connectivity index is 1.55. The number of nitrogens with zero attached hydrogens (tertiary/aromatic N) is 3. The number of thiazole rings is 1. The van der Waals surface area contributed by atoms with E-state index in [1.807, 2.05) is 6.07 Å². The maximum absolute atomic E-state index is 13.1. The summed E-state index contributed by atoms with van der Waals surface area (Å²) in [6.07, 6.45) is 1.07. The monoisotopic (exact) mass is 579 g/mol. The van der Waals surface area contributed by atoms with Crippen LogP contribution in [-0.2, 0) is 35.7 Å². The van der Waals surface area contributed by atoms with E-state index in [4.69, 9.17) is 10.6 Å². The molecule has 4 N–H and O–H groups in total. The van der Waals surface area contributed by atoms with E-state index in [1.165, 1.54) is 23.8 Å². The number of benzene rings is 1. The third-order valence-corrected chi connectivity index (χ3v) is 8.51. The second kappa shape index (κ2) is 10.7. The predicted molar refractivity (Wildman–Crippen MR) is 144 cm³/mol. The lowest BCUT2D eigenvalue weighted by Crippen LogP contribution is -2.62. The number of carboxylic acids is 1. The minimum atomic E-state index is -3.49. The number of oxime groups is 1. The number of Topliss-reactive ketones (excluding diaryl/α,β-unsaturated/α-hetero) is 1. The smallest absolute Gasteiger partial charge is 0.352 e. The van der Waals surface area contributed by atoms with Crippen LogP contribution in [0.2, 0.25) is 0 Å². The van der Waals surface area contributed by atoms with E-state index in [-0.39, 0.29) is 35.1 Å². The number of aromatic nitrogens is 1. The van der Waals surface area contributed by atoms with E-state index in [2.05, 4.69) is 14.9 Å². The zero-order valence-corrected chi connectivity index (χ0v) is 23.1. The number of nitrogens with one attached hydrogen (secondary N) is 1. The molecular weight excluding hydrogens is 554 g/mol. The van der Waals surface area contributed by atoms with E-state index in [0.717, 1.165) is 23.2 Å². The zero-order chi connectivity index (χ0) is 27.8. The molecule has 4 rings (SSSR count). The van der Waals surface area contributed by atoms with Crippen LogP contribution in [0.15, 0.2) is 40.0 Å². The highest BCUT2D eigenvalue weighted by Gasteiger charge is 2.54. The van der Waals surface area contributed by atoms with Crippen molar-refractivity contribution in [3.05, 3.63) is 51.7 Å². The number of aliphatic carboxylic acids is 1. The van der Waals surface area contributed by atoms with Gasteiger partial charge in [0, 0.05) is 23.2 Å². The number of anilines is 2. The van der Waals surface area contributed by atoms with Crippen molar-refractivity contribution in [2.45, 2.75) is 25.1 Å². The molecule has 2 atom stereocenters. The van der Waals surface area contributed by atoms with Crippen LogP contribution in [0.4, 0.5) is 10.8 Å². The van der Waals surface area contributed by atoms with Gasteiger partial charge >= 0.3 is 5.97 Å². The molecule has 0 radical (unpaired) electrons. The van der Waals surface area contributed by atoms with E-state index in [1.54, 1.807) is 24.4 Å². The van der Waals surface area contributed by atoms with Crippen molar-refractivity contribution in [3.63, 3.8) is 0 Å². The molecule has 1 fully saturated rings. The van der Waals surface area contributed by atoms with E-state index >= 15 is 0 Å². The number of nitrogen functional groups attached to an aromatic ring is 1. The molecule has 0 bridgehead atoms. The number of β-lactam (4-membered cyclic amide) rings is 1. The fraction of sp³-hybridized carbons (Fsp3) is 0.348. The Morgan fingerprint density at radius 3 is 2.68 bits per heavy atom. The fourth-order valence-electron chi connectivity index (χ4n) is 4.46. The maximum atomic E-state index is 13.1. The summed E-state index contributed by atoms with van der Waals surface area (Å²) in [5.41, 5.74) is 8.13. The Hall–Kier alpha value is -3.43. The molecule has 202 valence electrons. The number of amides is 1. The number of carboxylic acid groups (broad SMARTS) is 1. The predicted octanol–water partition coefficient (Wildman–Crippen LogP) is 1.83. The van der Waals surface area contributed by atoms with Crippen molar-refractivity contribution in [1.29, 1.82) is 0 Å². The largest absolute Gasteiger partial charge is 0.477 e. The highest BCUT2D eigenvalue weighted by Crippen LogP contribution is 2.46. The van der Waals surface area contributed by atoms with Gasteiger partial charge in [-0.2, -0.15) is 0 Å². The summed E-state index contributed by atoms with van der Waals surface area (Å²) in [6.45, 7) is 1.80. The Bertz CT molecular complexity index is 1480. The zero-order valence-electron chi connectivity index (χ0n) is 20.6. The average molecular weight is 580 g/mol. The quantitative estimate of drug-likeness (QED) is 0.213. The highest BCUT2D eigenvalue weighted by atomic mass is 32.2. The Morgan fingerprint density at radius 2 is 2.08 bits per heavy atom. The van der Waals surface area contributed by atoms with E-state index < -0.39 is 39.0 Å². The van der Waals surface area contributed by atoms with Gasteiger partial charge in [0.1, 0.15) is 18.5 Å². The lowest BCUT2D eigenvalue weighted by Gasteiger charge is -2.49. The topological polar surface area (TPSA) is 181 Å². The number of carbonyl (C=O) groups excluding carboxylic acids is 2. The third kappa shape index (κ3) is 5.84. The van der Waals surface area contributed by atoms with Crippen molar-refractivity contribution in [1.82, 2.24) is 9.88 Å². The van der Waals surface area contributed by atoms with Crippen molar-refractivity contribution in [3.8, 4) is 0 Å². The molecule has 0 unspecified atom stereocenters. The molecular formula is C23H25N5O7S3. The summed E-state index contributed by atoms with van der Waals surface area (Å²) in [5.74, 6) is -2.58. The van der Waals surface area contributed by atoms with Gasteiger partial charge in [-0.1, -0.05) is 11.2 Å². The molecule has 1 amide bonds. The van der Waals surface area contributed by atoms with E-state index in [9.17, 15) is 27.9 Å². The van der Waals surface area contributed by atoms with Crippen LogP contribution in [0, 0.1) is 12.8 Å². The van der Waals surface area contributed by atoms with Gasteiger partial charge in [0.2, 0.25) is 15.9 Å². The number of fused-ring (bicyclic) bond motifs is 1. The lowest BCUT2D eigenvalue weighted by molar-refractivity contribution is -0.153. The molecule has 0 saturated carbocycles. The van der Waals surface area contributed by atoms with Gasteiger partial charge in [0.25, 0.3) is 0 Å². The number of ketones is 1. The van der Waals surface area contributed by atoms with Gasteiger partial charge in [-0.15, -0.1) is 23.1 Å². The van der Waals surface area contributed by atoms with E-state index in [0.29, 0.717) is 22.6 Å². The number of sulfonamides is 1. The number of carbonyl (C=O) groups is 3. The van der Waals surface area contributed by atoms with Crippen LogP contribution >= 0.6 is 23.1 Å². The highest BCUT2D eigenvalue weighted by molar-refractivity contribution is 8.00. The molecule has 0 spiro atoms. The molecule has 1 aromatic carbocycles. The molecule has 12 nitrogen and oxygen atoms in total. The normalized spacial score (nSPS) is 19.6. The SMILES string of the molecule is CO/N=C(\C(=O)C[C@@H]1C(=O)N2C(C(=O)O)=C(Cc3cc(C)cc(NS(C)(=O)=O)c3)CS[C@H]12)c1csc(N)n1. The molecule has 15 heteroatoms. The van der Waals surface area contributed by atoms with Crippen molar-refractivity contribution in [2.24, 2.45) is 11.1 Å². The van der Waals surface area contributed by atoms with Crippen LogP contribution < -0.4 is 10.5 Å². The van der Waals surface area contributed by atoms with Gasteiger partial charge in [-0.3, -0.25) is 19.2 Å². The summed E-state index contributed by atoms with van der Waals surface area (Å²) in [7, 11) is -2.20. The number of rotatable bonds is 10. The molecule has 3 heterocycles. The average Bonchev–Trinajstić information content (AvgIpc) is 3.24. The summed E-state index contributed by atoms with van der Waals surface area (Å²) >= 11 is 2.51. The Labute approximate surface area is 227 Å². The van der Waals surface area contributed by atoms with Gasteiger partial charge in [-0.05, 0) is 42.2 Å². The van der Waals surface area contributed by atoms with Gasteiger partial charge in [-0.25, -0.2) is 18.2 Å². The molecule has 0 aliphatic carbocycles. The lowest BCUT2D eigenvalue weighted by atomic mass is 9.88. The number of nitrogens with two attached hydrogens (primary N) is 1. The molecule has 2 aromatic rings. The van der Waals surface area contributed by atoms with Crippen LogP contribution in [0.5, 0.6) is 0 Å². The Kier molecular flexibility index (Phi) is 7.80. The van der Waals surface area contributed by atoms with Crippen LogP contribution in [-0.4, -0.2) is 71.3 Å². The van der Waals surface area contributed by atoms with Crippen molar-refractivity contribution in [2.75, 3.05) is 29.6 Å². The summed E-state index contributed by atoms with van der Waals surface area (Å²) < 4.78 is 25.7.